The van der Waals surface area contributed by atoms with Crippen LogP contribution in [0.5, 0.6) is 5.75 Å². The van der Waals surface area contributed by atoms with E-state index in [9.17, 15) is 13.6 Å². The molecule has 6 heteroatoms. The summed E-state index contributed by atoms with van der Waals surface area (Å²) in [6.45, 7) is 0. The SMILES string of the molecule is COc1c(F)cc2oc(=O)[nH]c2c1F. The van der Waals surface area contributed by atoms with Crippen LogP contribution in [0.1, 0.15) is 0 Å². The number of methoxy groups -OCH3 is 1. The summed E-state index contributed by atoms with van der Waals surface area (Å²) in [5.74, 6) is -3.28. The predicted octanol–water partition coefficient (Wildman–Crippen LogP) is 1.41. The molecule has 1 aromatic carbocycles. The average molecular weight is 201 g/mol. The van der Waals surface area contributed by atoms with Crippen molar-refractivity contribution in [3.63, 3.8) is 0 Å². The first-order valence-electron chi connectivity index (χ1n) is 3.68. The van der Waals surface area contributed by atoms with Gasteiger partial charge in [-0.05, 0) is 0 Å². The highest BCUT2D eigenvalue weighted by molar-refractivity contribution is 5.75. The van der Waals surface area contributed by atoms with Crippen LogP contribution in [-0.2, 0) is 0 Å². The normalized spacial score (nSPS) is 10.8. The Kier molecular flexibility index (Phi) is 1.77. The molecule has 0 radical (unpaired) electrons. The Morgan fingerprint density at radius 3 is 2.86 bits per heavy atom. The second-order valence-electron chi connectivity index (χ2n) is 2.59. The summed E-state index contributed by atoms with van der Waals surface area (Å²) < 4.78 is 35.4. The van der Waals surface area contributed by atoms with Gasteiger partial charge in [0.25, 0.3) is 0 Å². The molecule has 0 saturated heterocycles. The van der Waals surface area contributed by atoms with E-state index in [0.717, 1.165) is 13.2 Å². The summed E-state index contributed by atoms with van der Waals surface area (Å²) in [7, 11) is 1.13. The number of aromatic nitrogens is 1. The Hall–Kier alpha value is -1.85. The lowest BCUT2D eigenvalue weighted by molar-refractivity contribution is 0.362. The van der Waals surface area contributed by atoms with E-state index in [1.165, 1.54) is 0 Å². The fraction of sp³-hybridized carbons (Fsp3) is 0.125. The molecule has 0 aliphatic carbocycles. The fourth-order valence-electron chi connectivity index (χ4n) is 1.19. The molecule has 0 atom stereocenters. The first-order chi connectivity index (χ1) is 6.63. The summed E-state index contributed by atoms with van der Waals surface area (Å²) in [6.07, 6.45) is 0. The van der Waals surface area contributed by atoms with Crippen molar-refractivity contribution in [3.8, 4) is 5.75 Å². The predicted molar refractivity (Wildman–Crippen MR) is 43.3 cm³/mol. The Morgan fingerprint density at radius 2 is 2.21 bits per heavy atom. The number of H-pyrrole nitrogens is 1. The molecule has 14 heavy (non-hydrogen) atoms. The van der Waals surface area contributed by atoms with Crippen LogP contribution in [0, 0.1) is 11.6 Å². The molecular formula is C8H5F2NO3. The van der Waals surface area contributed by atoms with Crippen LogP contribution in [0.2, 0.25) is 0 Å². The lowest BCUT2D eigenvalue weighted by Crippen LogP contribution is -1.96. The first kappa shape index (κ1) is 8.74. The van der Waals surface area contributed by atoms with Gasteiger partial charge >= 0.3 is 5.76 Å². The van der Waals surface area contributed by atoms with Crippen molar-refractivity contribution in [2.45, 2.75) is 0 Å². The minimum atomic E-state index is -0.978. The monoisotopic (exact) mass is 201 g/mol. The topological polar surface area (TPSA) is 55.2 Å². The van der Waals surface area contributed by atoms with Crippen LogP contribution < -0.4 is 10.5 Å². The van der Waals surface area contributed by atoms with Crippen LogP contribution in [0.3, 0.4) is 0 Å². The van der Waals surface area contributed by atoms with Gasteiger partial charge in [0.15, 0.2) is 23.0 Å². The van der Waals surface area contributed by atoms with Crippen LogP contribution in [-0.4, -0.2) is 12.1 Å². The van der Waals surface area contributed by atoms with Crippen molar-refractivity contribution in [2.24, 2.45) is 0 Å². The number of fused-ring (bicyclic) bond motifs is 1. The third-order valence-electron chi connectivity index (χ3n) is 1.77. The summed E-state index contributed by atoms with van der Waals surface area (Å²) in [5, 5.41) is 0. The van der Waals surface area contributed by atoms with Gasteiger partial charge < -0.3 is 9.15 Å². The number of benzene rings is 1. The molecule has 1 N–H and O–H groups in total. The number of ether oxygens (including phenoxy) is 1. The lowest BCUT2D eigenvalue weighted by Gasteiger charge is -2.02. The zero-order valence-corrected chi connectivity index (χ0v) is 7.06. The van der Waals surface area contributed by atoms with E-state index in [1.807, 2.05) is 0 Å². The second-order valence-corrected chi connectivity index (χ2v) is 2.59. The Bertz CT molecular complexity index is 543. The van der Waals surface area contributed by atoms with Gasteiger partial charge in [0.1, 0.15) is 5.52 Å². The van der Waals surface area contributed by atoms with Crippen molar-refractivity contribution in [1.82, 2.24) is 4.98 Å². The van der Waals surface area contributed by atoms with E-state index in [0.29, 0.717) is 0 Å². The quantitative estimate of drug-likeness (QED) is 0.758. The van der Waals surface area contributed by atoms with Crippen molar-refractivity contribution in [3.05, 3.63) is 28.3 Å². The standard InChI is InChI=1S/C8H5F2NO3/c1-13-7-3(9)2-4-6(5(7)10)11-8(12)14-4/h2H,1H3,(H,11,12). The van der Waals surface area contributed by atoms with Gasteiger partial charge in [0, 0.05) is 6.07 Å². The van der Waals surface area contributed by atoms with Crippen LogP contribution >= 0.6 is 0 Å². The maximum Gasteiger partial charge on any atom is 0.417 e. The number of aromatic amines is 1. The minimum Gasteiger partial charge on any atom is -0.491 e. The summed E-state index contributed by atoms with van der Waals surface area (Å²) in [5.41, 5.74) is -0.376. The Labute approximate surface area is 76.1 Å². The van der Waals surface area contributed by atoms with Gasteiger partial charge in [-0.15, -0.1) is 0 Å². The molecule has 0 aliphatic heterocycles. The average Bonchev–Trinajstić information content (AvgIpc) is 2.47. The molecule has 1 heterocycles. The van der Waals surface area contributed by atoms with Gasteiger partial charge in [0.05, 0.1) is 7.11 Å². The van der Waals surface area contributed by atoms with Crippen molar-refractivity contribution in [1.29, 1.82) is 0 Å². The van der Waals surface area contributed by atoms with Gasteiger partial charge in [-0.2, -0.15) is 0 Å². The third kappa shape index (κ3) is 1.07. The number of hydrogen-bond donors (Lipinski definition) is 1. The molecule has 74 valence electrons. The van der Waals surface area contributed by atoms with E-state index in [4.69, 9.17) is 0 Å². The largest absolute Gasteiger partial charge is 0.491 e. The first-order valence-corrected chi connectivity index (χ1v) is 3.68. The summed E-state index contributed by atoms with van der Waals surface area (Å²) in [6, 6.07) is 0.884. The van der Waals surface area contributed by atoms with Crippen LogP contribution in [0.4, 0.5) is 8.78 Å². The Morgan fingerprint density at radius 1 is 1.50 bits per heavy atom. The number of halogens is 2. The molecule has 0 fully saturated rings. The molecule has 0 bridgehead atoms. The zero-order chi connectivity index (χ0) is 10.3. The highest BCUT2D eigenvalue weighted by Crippen LogP contribution is 2.27. The highest BCUT2D eigenvalue weighted by atomic mass is 19.1. The number of nitrogens with one attached hydrogen (secondary N) is 1. The molecule has 2 rings (SSSR count). The van der Waals surface area contributed by atoms with Crippen LogP contribution in [0.25, 0.3) is 11.1 Å². The number of hydrogen-bond acceptors (Lipinski definition) is 3. The van der Waals surface area contributed by atoms with Gasteiger partial charge in [-0.3, -0.25) is 4.98 Å². The van der Waals surface area contributed by atoms with E-state index < -0.39 is 23.1 Å². The highest BCUT2D eigenvalue weighted by Gasteiger charge is 2.17. The van der Waals surface area contributed by atoms with Gasteiger partial charge in [-0.1, -0.05) is 0 Å². The van der Waals surface area contributed by atoms with E-state index in [2.05, 4.69) is 14.1 Å². The maximum absolute atomic E-state index is 13.3. The molecule has 0 unspecified atom stereocenters. The smallest absolute Gasteiger partial charge is 0.417 e. The molecule has 0 amide bonds. The van der Waals surface area contributed by atoms with Crippen molar-refractivity contribution >= 4 is 11.1 Å². The summed E-state index contributed by atoms with van der Waals surface area (Å²) >= 11 is 0. The van der Waals surface area contributed by atoms with Crippen molar-refractivity contribution < 1.29 is 17.9 Å². The van der Waals surface area contributed by atoms with E-state index in [-0.39, 0.29) is 11.1 Å². The Balaban J connectivity index is 2.91. The van der Waals surface area contributed by atoms with E-state index >= 15 is 0 Å². The van der Waals surface area contributed by atoms with Gasteiger partial charge in [-0.25, -0.2) is 13.6 Å². The molecule has 0 spiro atoms. The van der Waals surface area contributed by atoms with Crippen molar-refractivity contribution in [2.75, 3.05) is 7.11 Å². The maximum atomic E-state index is 13.3. The molecule has 4 nitrogen and oxygen atoms in total. The van der Waals surface area contributed by atoms with Crippen LogP contribution in [0.15, 0.2) is 15.3 Å². The molecular weight excluding hydrogens is 196 g/mol. The molecule has 1 aromatic heterocycles. The minimum absolute atomic E-state index is 0.175. The fourth-order valence-corrected chi connectivity index (χ4v) is 1.19. The third-order valence-corrected chi connectivity index (χ3v) is 1.77. The van der Waals surface area contributed by atoms with Gasteiger partial charge in [0.2, 0.25) is 0 Å². The zero-order valence-electron chi connectivity index (χ0n) is 7.06. The number of oxazole rings is 1. The number of rotatable bonds is 1. The lowest BCUT2D eigenvalue weighted by atomic mass is 10.3. The second kappa shape index (κ2) is 2.83. The summed E-state index contributed by atoms with van der Waals surface area (Å²) in [4.78, 5) is 12.8. The van der Waals surface area contributed by atoms with E-state index in [1.54, 1.807) is 0 Å². The molecule has 0 aliphatic rings. The molecule has 2 aromatic rings. The molecule has 0 saturated carbocycles.